The third kappa shape index (κ3) is 3.05. The van der Waals surface area contributed by atoms with Crippen LogP contribution in [0, 0.1) is 0 Å². The van der Waals surface area contributed by atoms with Crippen LogP contribution in [-0.2, 0) is 21.2 Å². The Morgan fingerprint density at radius 3 is 2.42 bits per heavy atom. The van der Waals surface area contributed by atoms with Gasteiger partial charge in [-0.25, -0.2) is 8.42 Å². The first kappa shape index (κ1) is 13.8. The van der Waals surface area contributed by atoms with Crippen molar-refractivity contribution < 1.29 is 23.4 Å². The molecule has 1 atom stereocenters. The van der Waals surface area contributed by atoms with E-state index in [9.17, 15) is 23.4 Å². The Morgan fingerprint density at radius 2 is 1.95 bits per heavy atom. The number of rotatable bonds is 4. The summed E-state index contributed by atoms with van der Waals surface area (Å²) in [5.41, 5.74) is 0.673. The Bertz CT molecular complexity index is 566. The van der Waals surface area contributed by atoms with Crippen LogP contribution >= 0.6 is 0 Å². The van der Waals surface area contributed by atoms with Gasteiger partial charge in [-0.05, 0) is 30.5 Å². The van der Waals surface area contributed by atoms with E-state index in [0.29, 0.717) is 12.0 Å². The number of aromatic hydroxyl groups is 1. The van der Waals surface area contributed by atoms with E-state index in [4.69, 9.17) is 0 Å². The van der Waals surface area contributed by atoms with Gasteiger partial charge in [0.15, 0.2) is 0 Å². The van der Waals surface area contributed by atoms with Crippen molar-refractivity contribution in [2.75, 3.05) is 12.3 Å². The summed E-state index contributed by atoms with van der Waals surface area (Å²) in [4.78, 5) is 11.3. The van der Waals surface area contributed by atoms with Gasteiger partial charge in [0.2, 0.25) is 10.0 Å². The Morgan fingerprint density at radius 1 is 1.32 bits per heavy atom. The van der Waals surface area contributed by atoms with Crippen molar-refractivity contribution in [2.45, 2.75) is 18.9 Å². The highest BCUT2D eigenvalue weighted by molar-refractivity contribution is 7.89. The quantitative estimate of drug-likeness (QED) is 0.836. The van der Waals surface area contributed by atoms with Crippen LogP contribution in [0.2, 0.25) is 0 Å². The minimum absolute atomic E-state index is 0.00631. The molecular formula is C12H15NO5S. The van der Waals surface area contributed by atoms with E-state index in [-0.39, 0.29) is 24.5 Å². The molecule has 0 amide bonds. The molecule has 0 aliphatic carbocycles. The molecule has 2 N–H and O–H groups in total. The summed E-state index contributed by atoms with van der Waals surface area (Å²) < 4.78 is 24.6. The summed E-state index contributed by atoms with van der Waals surface area (Å²) in [7, 11) is -3.46. The maximum atomic E-state index is 11.8. The second-order valence-electron chi connectivity index (χ2n) is 4.50. The number of sulfonamides is 1. The number of benzene rings is 1. The third-order valence-electron chi connectivity index (χ3n) is 3.14. The van der Waals surface area contributed by atoms with E-state index in [1.54, 1.807) is 12.1 Å². The van der Waals surface area contributed by atoms with E-state index >= 15 is 0 Å². The number of carbonyl (C=O) groups is 1. The van der Waals surface area contributed by atoms with Gasteiger partial charge in [0.1, 0.15) is 11.8 Å². The van der Waals surface area contributed by atoms with Gasteiger partial charge in [0.05, 0.1) is 5.75 Å². The molecule has 1 aliphatic rings. The lowest BCUT2D eigenvalue weighted by Crippen LogP contribution is -2.43. The molecule has 1 saturated heterocycles. The van der Waals surface area contributed by atoms with Gasteiger partial charge in [-0.15, -0.1) is 0 Å². The normalized spacial score (nSPS) is 20.2. The summed E-state index contributed by atoms with van der Waals surface area (Å²) in [5, 5.41) is 18.4. The summed E-state index contributed by atoms with van der Waals surface area (Å²) in [6.45, 7) is 0.247. The van der Waals surface area contributed by atoms with Gasteiger partial charge in [0, 0.05) is 6.54 Å². The number of phenols is 1. The van der Waals surface area contributed by atoms with Gasteiger partial charge in [-0.1, -0.05) is 12.1 Å². The number of carboxylic acid groups (broad SMARTS) is 1. The zero-order valence-corrected chi connectivity index (χ0v) is 11.0. The molecule has 104 valence electrons. The van der Waals surface area contributed by atoms with Crippen molar-refractivity contribution in [2.24, 2.45) is 0 Å². The fourth-order valence-electron chi connectivity index (χ4n) is 2.18. The molecule has 0 saturated carbocycles. The minimum Gasteiger partial charge on any atom is -0.508 e. The summed E-state index contributed by atoms with van der Waals surface area (Å²) in [6.07, 6.45) is 0.552. The smallest absolute Gasteiger partial charge is 0.322 e. The topological polar surface area (TPSA) is 94.9 Å². The molecule has 0 bridgehead atoms. The van der Waals surface area contributed by atoms with Gasteiger partial charge in [0.25, 0.3) is 0 Å². The zero-order valence-electron chi connectivity index (χ0n) is 10.2. The molecule has 1 aliphatic heterocycles. The van der Waals surface area contributed by atoms with Crippen LogP contribution in [0.3, 0.4) is 0 Å². The predicted molar refractivity (Wildman–Crippen MR) is 68.3 cm³/mol. The summed E-state index contributed by atoms with van der Waals surface area (Å²) in [5.74, 6) is -1.06. The van der Waals surface area contributed by atoms with Crippen LogP contribution in [0.25, 0.3) is 0 Å². The highest BCUT2D eigenvalue weighted by Crippen LogP contribution is 2.21. The SMILES string of the molecule is O=C(O)C(Cc1ccc(O)cc1)N1CCCS1(=O)=O. The van der Waals surface area contributed by atoms with Crippen molar-refractivity contribution >= 4 is 16.0 Å². The first-order valence-corrected chi connectivity index (χ1v) is 7.51. The molecular weight excluding hydrogens is 270 g/mol. The van der Waals surface area contributed by atoms with Gasteiger partial charge in [-0.3, -0.25) is 4.79 Å². The molecule has 1 unspecified atom stereocenters. The fourth-order valence-corrected chi connectivity index (χ4v) is 3.86. The number of carboxylic acids is 1. The number of hydrogen-bond donors (Lipinski definition) is 2. The highest BCUT2D eigenvalue weighted by atomic mass is 32.2. The van der Waals surface area contributed by atoms with Crippen LogP contribution < -0.4 is 0 Å². The lowest BCUT2D eigenvalue weighted by Gasteiger charge is -2.22. The van der Waals surface area contributed by atoms with Crippen LogP contribution in [0.15, 0.2) is 24.3 Å². The zero-order chi connectivity index (χ0) is 14.0. The maximum absolute atomic E-state index is 11.8. The van der Waals surface area contributed by atoms with E-state index in [2.05, 4.69) is 0 Å². The van der Waals surface area contributed by atoms with E-state index in [1.807, 2.05) is 0 Å². The second-order valence-corrected chi connectivity index (χ2v) is 6.55. The van der Waals surface area contributed by atoms with Crippen molar-refractivity contribution in [1.29, 1.82) is 0 Å². The van der Waals surface area contributed by atoms with Gasteiger partial charge >= 0.3 is 5.97 Å². The molecule has 19 heavy (non-hydrogen) atoms. The number of phenolic OH excluding ortho intramolecular Hbond substituents is 1. The fraction of sp³-hybridized carbons (Fsp3) is 0.417. The largest absolute Gasteiger partial charge is 0.508 e. The highest BCUT2D eigenvalue weighted by Gasteiger charge is 2.38. The monoisotopic (exact) mass is 285 g/mol. The van der Waals surface area contributed by atoms with Crippen LogP contribution in [0.5, 0.6) is 5.75 Å². The molecule has 0 spiro atoms. The Balaban J connectivity index is 2.22. The van der Waals surface area contributed by atoms with Crippen molar-refractivity contribution in [3.63, 3.8) is 0 Å². The average Bonchev–Trinajstić information content (AvgIpc) is 2.68. The molecule has 7 heteroatoms. The van der Waals surface area contributed by atoms with Crippen molar-refractivity contribution in [1.82, 2.24) is 4.31 Å². The first-order valence-electron chi connectivity index (χ1n) is 5.90. The maximum Gasteiger partial charge on any atom is 0.322 e. The van der Waals surface area contributed by atoms with Crippen LogP contribution in [0.1, 0.15) is 12.0 Å². The minimum atomic E-state index is -3.46. The number of aliphatic carboxylic acids is 1. The standard InChI is InChI=1S/C12H15NO5S/c14-10-4-2-9(3-5-10)8-11(12(15)16)13-6-1-7-19(13,17)18/h2-5,11,14H,1,6-8H2,(H,15,16). The molecule has 0 radical (unpaired) electrons. The van der Waals surface area contributed by atoms with Crippen LogP contribution in [0.4, 0.5) is 0 Å². The number of hydrogen-bond acceptors (Lipinski definition) is 4. The van der Waals surface area contributed by atoms with E-state index in [0.717, 1.165) is 4.31 Å². The van der Waals surface area contributed by atoms with E-state index in [1.165, 1.54) is 12.1 Å². The van der Waals surface area contributed by atoms with Gasteiger partial charge in [-0.2, -0.15) is 4.31 Å². The Kier molecular flexibility index (Phi) is 3.77. The van der Waals surface area contributed by atoms with E-state index < -0.39 is 22.0 Å². The van der Waals surface area contributed by atoms with Crippen molar-refractivity contribution in [3.05, 3.63) is 29.8 Å². The molecule has 0 aromatic heterocycles. The molecule has 6 nitrogen and oxygen atoms in total. The summed E-state index contributed by atoms with van der Waals surface area (Å²) in [6, 6.07) is 5.00. The van der Waals surface area contributed by atoms with Gasteiger partial charge < -0.3 is 10.2 Å². The predicted octanol–water partition coefficient (Wildman–Crippen LogP) is 0.423. The lowest BCUT2D eigenvalue weighted by molar-refractivity contribution is -0.141. The summed E-state index contributed by atoms with van der Waals surface area (Å²) >= 11 is 0. The molecule has 1 heterocycles. The lowest BCUT2D eigenvalue weighted by atomic mass is 10.1. The van der Waals surface area contributed by atoms with Crippen LogP contribution in [-0.4, -0.2) is 47.2 Å². The Labute approximate surface area is 111 Å². The average molecular weight is 285 g/mol. The first-order chi connectivity index (χ1) is 8.90. The molecule has 1 aromatic rings. The molecule has 1 aromatic carbocycles. The Hall–Kier alpha value is -1.60. The number of nitrogens with zero attached hydrogens (tertiary/aromatic N) is 1. The molecule has 1 fully saturated rings. The third-order valence-corrected chi connectivity index (χ3v) is 5.09. The van der Waals surface area contributed by atoms with Crippen molar-refractivity contribution in [3.8, 4) is 5.75 Å². The second kappa shape index (κ2) is 5.18. The molecule has 2 rings (SSSR count).